The molecule has 1 aromatic rings. The van der Waals surface area contributed by atoms with Gasteiger partial charge in [-0.1, -0.05) is 37.9 Å². The average Bonchev–Trinajstić information content (AvgIpc) is 2.36. The third-order valence-electron chi connectivity index (χ3n) is 3.15. The standard InChI is InChI=1S/C15H19Br2NO2/c1-15(2,3)20-14(19)18-5-4-11-6-10(8-16)7-13(17)12(11)9-18/h6-7H,4-5,8-9H2,1-3H3. The molecule has 1 aliphatic rings. The molecule has 0 saturated heterocycles. The van der Waals surface area contributed by atoms with E-state index in [1.165, 1.54) is 16.7 Å². The molecule has 0 aliphatic carbocycles. The van der Waals surface area contributed by atoms with Crippen LogP contribution in [0.2, 0.25) is 0 Å². The summed E-state index contributed by atoms with van der Waals surface area (Å²) < 4.78 is 6.51. The number of carbonyl (C=O) groups is 1. The van der Waals surface area contributed by atoms with Gasteiger partial charge in [0.15, 0.2) is 0 Å². The molecule has 0 unspecified atom stereocenters. The summed E-state index contributed by atoms with van der Waals surface area (Å²) in [4.78, 5) is 13.9. The normalized spacial score (nSPS) is 14.9. The van der Waals surface area contributed by atoms with Crippen LogP contribution >= 0.6 is 31.9 Å². The van der Waals surface area contributed by atoms with Gasteiger partial charge in [-0.25, -0.2) is 4.79 Å². The number of ether oxygens (including phenoxy) is 1. The summed E-state index contributed by atoms with van der Waals surface area (Å²) in [5, 5.41) is 0.842. The van der Waals surface area contributed by atoms with Crippen LogP contribution in [0.3, 0.4) is 0 Å². The number of carbonyl (C=O) groups excluding carboxylic acids is 1. The second kappa shape index (κ2) is 6.06. The lowest BCUT2D eigenvalue weighted by Crippen LogP contribution is -2.40. The number of alkyl halides is 1. The van der Waals surface area contributed by atoms with Crippen LogP contribution in [0.4, 0.5) is 4.79 Å². The molecule has 1 heterocycles. The number of hydrogen-bond donors (Lipinski definition) is 0. The Kier molecular flexibility index (Phi) is 4.80. The molecule has 0 N–H and O–H groups in total. The Labute approximate surface area is 136 Å². The number of rotatable bonds is 1. The van der Waals surface area contributed by atoms with E-state index in [-0.39, 0.29) is 6.09 Å². The van der Waals surface area contributed by atoms with E-state index in [0.29, 0.717) is 13.1 Å². The molecule has 0 saturated carbocycles. The zero-order valence-electron chi connectivity index (χ0n) is 12.0. The van der Waals surface area contributed by atoms with Gasteiger partial charge in [0.2, 0.25) is 0 Å². The number of nitrogens with zero attached hydrogens (tertiary/aromatic N) is 1. The van der Waals surface area contributed by atoms with Gasteiger partial charge in [-0.05, 0) is 49.9 Å². The van der Waals surface area contributed by atoms with E-state index in [2.05, 4.69) is 44.0 Å². The third kappa shape index (κ3) is 3.76. The number of benzene rings is 1. The van der Waals surface area contributed by atoms with Crippen molar-refractivity contribution in [2.75, 3.05) is 6.54 Å². The van der Waals surface area contributed by atoms with Gasteiger partial charge in [0.1, 0.15) is 5.60 Å². The van der Waals surface area contributed by atoms with E-state index in [1.54, 1.807) is 4.90 Å². The van der Waals surface area contributed by atoms with Crippen molar-refractivity contribution < 1.29 is 9.53 Å². The maximum absolute atomic E-state index is 12.1. The van der Waals surface area contributed by atoms with Crippen molar-refractivity contribution in [2.45, 2.75) is 44.7 Å². The summed E-state index contributed by atoms with van der Waals surface area (Å²) in [5.74, 6) is 0. The fraction of sp³-hybridized carbons (Fsp3) is 0.533. The van der Waals surface area contributed by atoms with E-state index < -0.39 is 5.60 Å². The maximum atomic E-state index is 12.1. The SMILES string of the molecule is CC(C)(C)OC(=O)N1CCc2cc(CBr)cc(Br)c2C1. The van der Waals surface area contributed by atoms with Gasteiger partial charge < -0.3 is 9.64 Å². The fourth-order valence-corrected chi connectivity index (χ4v) is 3.24. The summed E-state index contributed by atoms with van der Waals surface area (Å²) in [7, 11) is 0. The van der Waals surface area contributed by atoms with Crippen molar-refractivity contribution in [1.29, 1.82) is 0 Å². The summed E-state index contributed by atoms with van der Waals surface area (Å²) in [5.41, 5.74) is 3.30. The smallest absolute Gasteiger partial charge is 0.410 e. The van der Waals surface area contributed by atoms with E-state index in [0.717, 1.165) is 16.2 Å². The molecule has 0 fully saturated rings. The van der Waals surface area contributed by atoms with Crippen molar-refractivity contribution in [3.63, 3.8) is 0 Å². The van der Waals surface area contributed by atoms with E-state index in [4.69, 9.17) is 4.74 Å². The Morgan fingerprint density at radius 3 is 2.70 bits per heavy atom. The predicted octanol–water partition coefficient (Wildman–Crippen LogP) is 4.64. The first-order chi connectivity index (χ1) is 9.30. The zero-order valence-corrected chi connectivity index (χ0v) is 15.2. The van der Waals surface area contributed by atoms with E-state index in [9.17, 15) is 4.79 Å². The van der Waals surface area contributed by atoms with Crippen LogP contribution in [-0.2, 0) is 23.0 Å². The molecular formula is C15H19Br2NO2. The van der Waals surface area contributed by atoms with Crippen LogP contribution in [0.5, 0.6) is 0 Å². The highest BCUT2D eigenvalue weighted by Gasteiger charge is 2.26. The molecule has 1 aliphatic heterocycles. The monoisotopic (exact) mass is 403 g/mol. The Morgan fingerprint density at radius 2 is 2.10 bits per heavy atom. The van der Waals surface area contributed by atoms with Gasteiger partial charge in [0, 0.05) is 16.3 Å². The lowest BCUT2D eigenvalue weighted by atomic mass is 9.98. The second-order valence-corrected chi connectivity index (χ2v) is 7.42. The lowest BCUT2D eigenvalue weighted by molar-refractivity contribution is 0.0223. The largest absolute Gasteiger partial charge is 0.444 e. The van der Waals surface area contributed by atoms with Gasteiger partial charge in [-0.2, -0.15) is 0 Å². The Balaban J connectivity index is 2.17. The number of amides is 1. The Hall–Kier alpha value is -0.550. The zero-order chi connectivity index (χ0) is 14.9. The summed E-state index contributed by atoms with van der Waals surface area (Å²) in [6, 6.07) is 4.31. The lowest BCUT2D eigenvalue weighted by Gasteiger charge is -2.32. The van der Waals surface area contributed by atoms with Gasteiger partial charge in [-0.15, -0.1) is 0 Å². The number of hydrogen-bond acceptors (Lipinski definition) is 2. The van der Waals surface area contributed by atoms with Gasteiger partial charge >= 0.3 is 6.09 Å². The molecule has 1 amide bonds. The van der Waals surface area contributed by atoms with E-state index in [1.807, 2.05) is 20.8 Å². The first-order valence-corrected chi connectivity index (χ1v) is 8.55. The van der Waals surface area contributed by atoms with Gasteiger partial charge in [-0.3, -0.25) is 0 Å². The number of halogens is 2. The average molecular weight is 405 g/mol. The Morgan fingerprint density at radius 1 is 1.40 bits per heavy atom. The van der Waals surface area contributed by atoms with Crippen LogP contribution in [-0.4, -0.2) is 23.1 Å². The first-order valence-electron chi connectivity index (χ1n) is 6.64. The maximum Gasteiger partial charge on any atom is 0.410 e. The minimum atomic E-state index is -0.450. The van der Waals surface area contributed by atoms with Crippen molar-refractivity contribution in [2.24, 2.45) is 0 Å². The molecule has 0 spiro atoms. The molecule has 0 atom stereocenters. The van der Waals surface area contributed by atoms with Crippen LogP contribution in [0.25, 0.3) is 0 Å². The molecular weight excluding hydrogens is 386 g/mol. The van der Waals surface area contributed by atoms with Gasteiger partial charge in [0.25, 0.3) is 0 Å². The summed E-state index contributed by atoms with van der Waals surface area (Å²) in [6.45, 7) is 6.98. The number of fused-ring (bicyclic) bond motifs is 1. The van der Waals surface area contributed by atoms with Crippen molar-refractivity contribution in [3.05, 3.63) is 33.3 Å². The van der Waals surface area contributed by atoms with Crippen molar-refractivity contribution in [3.8, 4) is 0 Å². The third-order valence-corrected chi connectivity index (χ3v) is 4.51. The molecule has 0 radical (unpaired) electrons. The molecule has 20 heavy (non-hydrogen) atoms. The second-order valence-electron chi connectivity index (χ2n) is 6.00. The van der Waals surface area contributed by atoms with Gasteiger partial charge in [0.05, 0.1) is 6.54 Å². The molecule has 110 valence electrons. The molecule has 2 rings (SSSR count). The highest BCUT2D eigenvalue weighted by atomic mass is 79.9. The quantitative estimate of drug-likeness (QED) is 0.638. The van der Waals surface area contributed by atoms with Crippen LogP contribution < -0.4 is 0 Å². The highest BCUT2D eigenvalue weighted by Crippen LogP contribution is 2.29. The highest BCUT2D eigenvalue weighted by molar-refractivity contribution is 9.10. The minimum absolute atomic E-state index is 0.236. The predicted molar refractivity (Wildman–Crippen MR) is 87.1 cm³/mol. The summed E-state index contributed by atoms with van der Waals surface area (Å²) in [6.07, 6.45) is 0.633. The summed E-state index contributed by atoms with van der Waals surface area (Å²) >= 11 is 7.09. The van der Waals surface area contributed by atoms with Crippen LogP contribution in [0.15, 0.2) is 16.6 Å². The van der Waals surface area contributed by atoms with E-state index >= 15 is 0 Å². The minimum Gasteiger partial charge on any atom is -0.444 e. The topological polar surface area (TPSA) is 29.5 Å². The fourth-order valence-electron chi connectivity index (χ4n) is 2.24. The molecule has 0 aromatic heterocycles. The molecule has 5 heteroatoms. The first kappa shape index (κ1) is 15.8. The molecule has 3 nitrogen and oxygen atoms in total. The van der Waals surface area contributed by atoms with Crippen LogP contribution in [0, 0.1) is 0 Å². The van der Waals surface area contributed by atoms with Crippen LogP contribution in [0.1, 0.15) is 37.5 Å². The Bertz CT molecular complexity index is 523. The molecule has 0 bridgehead atoms. The molecule has 1 aromatic carbocycles. The van der Waals surface area contributed by atoms with Crippen molar-refractivity contribution in [1.82, 2.24) is 4.90 Å². The van der Waals surface area contributed by atoms with Crippen molar-refractivity contribution >= 4 is 38.0 Å².